The van der Waals surface area contributed by atoms with Crippen LogP contribution in [0.1, 0.15) is 48.0 Å². The van der Waals surface area contributed by atoms with Crippen LogP contribution in [0.5, 0.6) is 0 Å². The van der Waals surface area contributed by atoms with Crippen LogP contribution in [0, 0.1) is 17.2 Å². The molecule has 0 saturated carbocycles. The van der Waals surface area contributed by atoms with Gasteiger partial charge in [-0.05, 0) is 37.9 Å². The zero-order valence-corrected chi connectivity index (χ0v) is 16.1. The number of piperidine rings is 1. The number of carbonyl (C=O) groups excluding carboxylic acids is 2. The van der Waals surface area contributed by atoms with Gasteiger partial charge in [0.05, 0.1) is 12.6 Å². The number of nitrogens with one attached hydrogen (secondary N) is 1. The van der Waals surface area contributed by atoms with E-state index >= 15 is 0 Å². The first-order chi connectivity index (χ1) is 13.9. The van der Waals surface area contributed by atoms with Crippen molar-refractivity contribution in [2.75, 3.05) is 19.6 Å². The summed E-state index contributed by atoms with van der Waals surface area (Å²) in [4.78, 5) is 29.9. The van der Waals surface area contributed by atoms with Gasteiger partial charge in [0.15, 0.2) is 5.78 Å². The molecule has 3 heterocycles. The van der Waals surface area contributed by atoms with E-state index in [4.69, 9.17) is 5.26 Å². The molecular formula is C21H24F2N4O2. The Kier molecular flexibility index (Phi) is 6.70. The van der Waals surface area contributed by atoms with Crippen molar-refractivity contribution in [3.05, 3.63) is 35.7 Å². The summed E-state index contributed by atoms with van der Waals surface area (Å²) < 4.78 is 27.0. The van der Waals surface area contributed by atoms with Gasteiger partial charge in [-0.1, -0.05) is 12.2 Å². The van der Waals surface area contributed by atoms with Crippen molar-refractivity contribution in [2.45, 2.75) is 44.1 Å². The lowest BCUT2D eigenvalue weighted by molar-refractivity contribution is -0.132. The Bertz CT molecular complexity index is 828. The molecule has 1 aromatic heterocycles. The lowest BCUT2D eigenvalue weighted by Gasteiger charge is -2.19. The Morgan fingerprint density at radius 1 is 1.34 bits per heavy atom. The SMILES string of the molecule is N#C[C@@H]1CC(F)(F)CN1C(=O)CCC(=O)c1ccncc1/C=C/C1CCNCC1. The number of ketones is 1. The molecule has 0 spiro atoms. The topological polar surface area (TPSA) is 86.1 Å². The standard InChI is InChI=1S/C21H24F2N4O2/c22-21(23)11-17(12-24)27(14-21)20(29)4-3-19(28)18-7-10-26-13-16(18)2-1-15-5-8-25-9-6-15/h1-2,7,10,13,15,17,25H,3-6,8-9,11,14H2/b2-1+/t17-/m0/s1. The average Bonchev–Trinajstić information content (AvgIpc) is 3.06. The summed E-state index contributed by atoms with van der Waals surface area (Å²) >= 11 is 0. The van der Waals surface area contributed by atoms with Crippen molar-refractivity contribution in [2.24, 2.45) is 5.92 Å². The second-order valence-corrected chi connectivity index (χ2v) is 7.56. The fourth-order valence-electron chi connectivity index (χ4n) is 3.76. The summed E-state index contributed by atoms with van der Waals surface area (Å²) in [6.45, 7) is 1.17. The van der Waals surface area contributed by atoms with Crippen LogP contribution in [0.2, 0.25) is 0 Å². The number of amides is 1. The van der Waals surface area contributed by atoms with Crippen LogP contribution in [0.4, 0.5) is 8.78 Å². The highest BCUT2D eigenvalue weighted by Gasteiger charge is 2.47. The van der Waals surface area contributed by atoms with E-state index < -0.39 is 30.8 Å². The van der Waals surface area contributed by atoms with E-state index in [1.165, 1.54) is 6.20 Å². The van der Waals surface area contributed by atoms with Gasteiger partial charge in [-0.2, -0.15) is 5.26 Å². The van der Waals surface area contributed by atoms with Crippen LogP contribution >= 0.6 is 0 Å². The van der Waals surface area contributed by atoms with Crippen molar-refractivity contribution >= 4 is 17.8 Å². The van der Waals surface area contributed by atoms with E-state index in [2.05, 4.69) is 16.4 Å². The van der Waals surface area contributed by atoms with Crippen LogP contribution in [0.25, 0.3) is 6.08 Å². The highest BCUT2D eigenvalue weighted by molar-refractivity contribution is 6.00. The first-order valence-electron chi connectivity index (χ1n) is 9.83. The smallest absolute Gasteiger partial charge is 0.268 e. The van der Waals surface area contributed by atoms with E-state index in [0.717, 1.165) is 30.8 Å². The lowest BCUT2D eigenvalue weighted by atomic mass is 9.95. The van der Waals surface area contributed by atoms with Crippen LogP contribution in [-0.2, 0) is 4.79 Å². The first-order valence-corrected chi connectivity index (χ1v) is 9.83. The Morgan fingerprint density at radius 2 is 2.10 bits per heavy atom. The normalized spacial score (nSPS) is 22.0. The molecule has 3 rings (SSSR count). The molecule has 8 heteroatoms. The molecule has 6 nitrogen and oxygen atoms in total. The minimum Gasteiger partial charge on any atom is -0.320 e. The second kappa shape index (κ2) is 9.23. The van der Waals surface area contributed by atoms with E-state index in [0.29, 0.717) is 17.0 Å². The number of halogens is 2. The first kappa shape index (κ1) is 21.1. The summed E-state index contributed by atoms with van der Waals surface area (Å²) in [5.41, 5.74) is 1.15. The molecule has 1 N–H and O–H groups in total. The Balaban J connectivity index is 1.62. The molecule has 0 radical (unpaired) electrons. The van der Waals surface area contributed by atoms with Crippen LogP contribution in [-0.4, -0.2) is 53.2 Å². The molecule has 0 aromatic carbocycles. The minimum absolute atomic E-state index is 0.0999. The van der Waals surface area contributed by atoms with Crippen molar-refractivity contribution in [1.29, 1.82) is 5.26 Å². The number of nitriles is 1. The number of hydrogen-bond acceptors (Lipinski definition) is 5. The monoisotopic (exact) mass is 402 g/mol. The maximum atomic E-state index is 13.5. The van der Waals surface area contributed by atoms with Gasteiger partial charge < -0.3 is 10.2 Å². The highest BCUT2D eigenvalue weighted by Crippen LogP contribution is 2.32. The summed E-state index contributed by atoms with van der Waals surface area (Å²) in [5, 5.41) is 12.3. The highest BCUT2D eigenvalue weighted by atomic mass is 19.3. The quantitative estimate of drug-likeness (QED) is 0.740. The van der Waals surface area contributed by atoms with Gasteiger partial charge >= 0.3 is 0 Å². The number of carbonyl (C=O) groups is 2. The lowest BCUT2D eigenvalue weighted by Crippen LogP contribution is -2.36. The van der Waals surface area contributed by atoms with Gasteiger partial charge in [0, 0.05) is 42.8 Å². The maximum Gasteiger partial charge on any atom is 0.268 e. The predicted molar refractivity (Wildman–Crippen MR) is 103 cm³/mol. The Labute approximate surface area is 168 Å². The third-order valence-electron chi connectivity index (χ3n) is 5.39. The van der Waals surface area contributed by atoms with Crippen molar-refractivity contribution in [1.82, 2.24) is 15.2 Å². The van der Waals surface area contributed by atoms with Crippen LogP contribution < -0.4 is 5.32 Å². The second-order valence-electron chi connectivity index (χ2n) is 7.56. The number of pyridine rings is 1. The third-order valence-corrected chi connectivity index (χ3v) is 5.39. The van der Waals surface area contributed by atoms with Gasteiger partial charge in [0.25, 0.3) is 5.92 Å². The number of Topliss-reactive ketones (excluding diaryl/α,β-unsaturated/α-hetero) is 1. The van der Waals surface area contributed by atoms with Crippen molar-refractivity contribution < 1.29 is 18.4 Å². The number of rotatable bonds is 6. The van der Waals surface area contributed by atoms with E-state index in [1.807, 2.05) is 6.08 Å². The van der Waals surface area contributed by atoms with Gasteiger partial charge in [0.1, 0.15) is 6.04 Å². The fourth-order valence-corrected chi connectivity index (χ4v) is 3.76. The predicted octanol–water partition coefficient (Wildman–Crippen LogP) is 2.82. The van der Waals surface area contributed by atoms with Gasteiger partial charge in [-0.25, -0.2) is 8.78 Å². The molecule has 0 unspecified atom stereocenters. The molecule has 1 amide bonds. The third kappa shape index (κ3) is 5.45. The maximum absolute atomic E-state index is 13.5. The largest absolute Gasteiger partial charge is 0.320 e. The summed E-state index contributed by atoms with van der Waals surface area (Å²) in [7, 11) is 0. The number of likely N-dealkylation sites (tertiary alicyclic amines) is 1. The average molecular weight is 402 g/mol. The molecular weight excluding hydrogens is 378 g/mol. The van der Waals surface area contributed by atoms with E-state index in [9.17, 15) is 18.4 Å². The molecule has 29 heavy (non-hydrogen) atoms. The van der Waals surface area contributed by atoms with Crippen LogP contribution in [0.15, 0.2) is 24.5 Å². The summed E-state index contributed by atoms with van der Waals surface area (Å²) in [6, 6.07) is 2.21. The molecule has 0 aliphatic carbocycles. The van der Waals surface area contributed by atoms with Gasteiger partial charge in [0.2, 0.25) is 5.91 Å². The molecule has 2 fully saturated rings. The van der Waals surface area contributed by atoms with Crippen molar-refractivity contribution in [3.63, 3.8) is 0 Å². The number of allylic oxidation sites excluding steroid dienone is 1. The molecule has 1 atom stereocenters. The Morgan fingerprint density at radius 3 is 2.83 bits per heavy atom. The molecule has 2 aliphatic rings. The summed E-state index contributed by atoms with van der Waals surface area (Å²) in [6.07, 6.45) is 8.23. The molecule has 2 saturated heterocycles. The fraction of sp³-hybridized carbons (Fsp3) is 0.524. The van der Waals surface area contributed by atoms with Crippen molar-refractivity contribution in [3.8, 4) is 6.07 Å². The number of hydrogen-bond donors (Lipinski definition) is 1. The van der Waals surface area contributed by atoms with Gasteiger partial charge in [-0.3, -0.25) is 14.6 Å². The van der Waals surface area contributed by atoms with Crippen LogP contribution in [0.3, 0.4) is 0 Å². The number of nitrogens with zero attached hydrogens (tertiary/aromatic N) is 3. The molecule has 2 aliphatic heterocycles. The van der Waals surface area contributed by atoms with E-state index in [-0.39, 0.29) is 18.6 Å². The molecule has 154 valence electrons. The molecule has 0 bridgehead atoms. The van der Waals surface area contributed by atoms with E-state index in [1.54, 1.807) is 18.3 Å². The van der Waals surface area contributed by atoms with Gasteiger partial charge in [-0.15, -0.1) is 0 Å². The zero-order chi connectivity index (χ0) is 20.9. The number of alkyl halides is 2. The zero-order valence-electron chi connectivity index (χ0n) is 16.1. The number of aromatic nitrogens is 1. The Hall–Kier alpha value is -2.66. The molecule has 1 aromatic rings. The summed E-state index contributed by atoms with van der Waals surface area (Å²) in [5.74, 6) is -3.45. The minimum atomic E-state index is -3.06.